The molecule has 0 spiro atoms. The van der Waals surface area contributed by atoms with Crippen molar-refractivity contribution in [3.8, 4) is 0 Å². The van der Waals surface area contributed by atoms with E-state index in [1.54, 1.807) is 12.1 Å². The zero-order chi connectivity index (χ0) is 14.9. The van der Waals surface area contributed by atoms with Crippen LogP contribution < -0.4 is 11.0 Å². The summed E-state index contributed by atoms with van der Waals surface area (Å²) in [5.41, 5.74) is -0.386. The molecular weight excluding hydrogens is 275 g/mol. The zero-order valence-electron chi connectivity index (χ0n) is 11.3. The molecule has 2 aromatic rings. The molecule has 110 valence electrons. The molecule has 3 N–H and O–H groups in total. The molecule has 1 aliphatic carbocycles. The Kier molecular flexibility index (Phi) is 3.32. The first-order chi connectivity index (χ1) is 10.1. The Morgan fingerprint density at radius 3 is 2.81 bits per heavy atom. The number of amides is 1. The molecule has 1 aromatic heterocycles. The Bertz CT molecular complexity index is 718. The molecule has 1 fully saturated rings. The number of carbonyl (C=O) groups excluding carboxylic acids is 1. The van der Waals surface area contributed by atoms with Gasteiger partial charge in [-0.1, -0.05) is 18.6 Å². The van der Waals surface area contributed by atoms with E-state index in [1.165, 1.54) is 12.1 Å². The van der Waals surface area contributed by atoms with Gasteiger partial charge in [0.25, 0.3) is 0 Å². The van der Waals surface area contributed by atoms with Crippen LogP contribution in [-0.2, 0) is 16.8 Å². The number of rotatable bonds is 4. The first-order valence-electron chi connectivity index (χ1n) is 6.78. The van der Waals surface area contributed by atoms with Crippen molar-refractivity contribution in [1.82, 2.24) is 20.5 Å². The number of nitrogens with one attached hydrogen (secondary N) is 3. The fourth-order valence-corrected chi connectivity index (χ4v) is 2.69. The minimum Gasteiger partial charge on any atom is -0.348 e. The number of H-pyrrole nitrogens is 2. The molecular formula is C14H15FN4O2. The molecule has 7 heteroatoms. The van der Waals surface area contributed by atoms with E-state index in [1.807, 2.05) is 0 Å². The van der Waals surface area contributed by atoms with Crippen LogP contribution in [0.2, 0.25) is 0 Å². The van der Waals surface area contributed by atoms with Crippen molar-refractivity contribution in [2.75, 3.05) is 0 Å². The third-order valence-electron chi connectivity index (χ3n) is 3.99. The minimum absolute atomic E-state index is 0.134. The Morgan fingerprint density at radius 2 is 2.24 bits per heavy atom. The first kappa shape index (κ1) is 13.5. The summed E-state index contributed by atoms with van der Waals surface area (Å²) in [5, 5.41) is 8.73. The molecule has 1 saturated carbocycles. The molecule has 3 rings (SSSR count). The molecule has 0 radical (unpaired) electrons. The summed E-state index contributed by atoms with van der Waals surface area (Å²) in [6.45, 7) is 0.134. The third kappa shape index (κ3) is 2.46. The van der Waals surface area contributed by atoms with Crippen molar-refractivity contribution < 1.29 is 9.18 Å². The standard InChI is InChI=1S/C14H15FN4O2/c15-10-4-1-3-9(7-10)14(5-2-6-14)12(20)16-8-11-17-13(21)19-18-11/h1,3-4,7H,2,5-6,8H2,(H,16,20)(H2,17,18,19,21). The predicted molar refractivity (Wildman–Crippen MR) is 73.0 cm³/mol. The van der Waals surface area contributed by atoms with E-state index < -0.39 is 11.1 Å². The van der Waals surface area contributed by atoms with Crippen molar-refractivity contribution in [2.24, 2.45) is 0 Å². The van der Waals surface area contributed by atoms with Gasteiger partial charge in [0.1, 0.15) is 11.6 Å². The van der Waals surface area contributed by atoms with Gasteiger partial charge in [-0.05, 0) is 30.5 Å². The normalized spacial score (nSPS) is 16.2. The lowest BCUT2D eigenvalue weighted by Crippen LogP contribution is -2.49. The maximum Gasteiger partial charge on any atom is 0.340 e. The van der Waals surface area contributed by atoms with Crippen LogP contribution in [0.25, 0.3) is 0 Å². The van der Waals surface area contributed by atoms with Gasteiger partial charge >= 0.3 is 5.69 Å². The average Bonchev–Trinajstić information content (AvgIpc) is 2.81. The van der Waals surface area contributed by atoms with Gasteiger partial charge in [0, 0.05) is 0 Å². The van der Waals surface area contributed by atoms with Crippen molar-refractivity contribution in [1.29, 1.82) is 0 Å². The second-order valence-electron chi connectivity index (χ2n) is 5.25. The molecule has 0 aliphatic heterocycles. The second kappa shape index (κ2) is 5.16. The molecule has 0 saturated heterocycles. The first-order valence-corrected chi connectivity index (χ1v) is 6.78. The van der Waals surface area contributed by atoms with E-state index in [2.05, 4.69) is 20.5 Å². The van der Waals surface area contributed by atoms with Gasteiger partial charge in [0.15, 0.2) is 0 Å². The monoisotopic (exact) mass is 290 g/mol. The van der Waals surface area contributed by atoms with E-state index >= 15 is 0 Å². The number of hydrogen-bond donors (Lipinski definition) is 3. The van der Waals surface area contributed by atoms with E-state index in [0.717, 1.165) is 6.42 Å². The van der Waals surface area contributed by atoms with E-state index in [4.69, 9.17) is 0 Å². The number of aromatic nitrogens is 3. The SMILES string of the molecule is O=C(NCc1n[nH]c(=O)[nH]1)C1(c2cccc(F)c2)CCC1. The summed E-state index contributed by atoms with van der Waals surface area (Å²) in [4.78, 5) is 25.9. The van der Waals surface area contributed by atoms with Crippen LogP contribution in [0.3, 0.4) is 0 Å². The van der Waals surface area contributed by atoms with Crippen molar-refractivity contribution >= 4 is 5.91 Å². The van der Waals surface area contributed by atoms with Crippen LogP contribution in [0, 0.1) is 5.82 Å². The van der Waals surface area contributed by atoms with Gasteiger partial charge in [0.05, 0.1) is 12.0 Å². The lowest BCUT2D eigenvalue weighted by Gasteiger charge is -2.40. The summed E-state index contributed by atoms with van der Waals surface area (Å²) in [5.74, 6) is -0.145. The maximum absolute atomic E-state index is 13.4. The number of aromatic amines is 2. The molecule has 0 unspecified atom stereocenters. The topological polar surface area (TPSA) is 90.6 Å². The highest BCUT2D eigenvalue weighted by Gasteiger charge is 2.45. The molecule has 1 aromatic carbocycles. The minimum atomic E-state index is -0.668. The number of hydrogen-bond acceptors (Lipinski definition) is 3. The highest BCUT2D eigenvalue weighted by atomic mass is 19.1. The Morgan fingerprint density at radius 1 is 1.43 bits per heavy atom. The largest absolute Gasteiger partial charge is 0.348 e. The number of halogens is 1. The van der Waals surface area contributed by atoms with Crippen LogP contribution in [0.1, 0.15) is 30.7 Å². The predicted octanol–water partition coefficient (Wildman–Crippen LogP) is 0.975. The summed E-state index contributed by atoms with van der Waals surface area (Å²) in [6, 6.07) is 6.17. The maximum atomic E-state index is 13.4. The molecule has 0 atom stereocenters. The number of benzene rings is 1. The van der Waals surface area contributed by atoms with Gasteiger partial charge in [0.2, 0.25) is 5.91 Å². The van der Waals surface area contributed by atoms with Crippen LogP contribution >= 0.6 is 0 Å². The van der Waals surface area contributed by atoms with Gasteiger partial charge in [-0.25, -0.2) is 14.3 Å². The summed E-state index contributed by atoms with van der Waals surface area (Å²) >= 11 is 0. The summed E-state index contributed by atoms with van der Waals surface area (Å²) < 4.78 is 13.4. The van der Waals surface area contributed by atoms with Gasteiger partial charge < -0.3 is 5.32 Å². The van der Waals surface area contributed by atoms with E-state index in [9.17, 15) is 14.0 Å². The zero-order valence-corrected chi connectivity index (χ0v) is 11.3. The Hall–Kier alpha value is -2.44. The summed E-state index contributed by atoms with van der Waals surface area (Å²) in [6.07, 6.45) is 2.32. The molecule has 21 heavy (non-hydrogen) atoms. The second-order valence-corrected chi connectivity index (χ2v) is 5.25. The highest BCUT2D eigenvalue weighted by Crippen LogP contribution is 2.44. The highest BCUT2D eigenvalue weighted by molar-refractivity contribution is 5.89. The van der Waals surface area contributed by atoms with Crippen LogP contribution in [0.15, 0.2) is 29.1 Å². The Balaban J connectivity index is 1.76. The Labute approximate surface area is 119 Å². The fraction of sp³-hybridized carbons (Fsp3) is 0.357. The lowest BCUT2D eigenvalue weighted by molar-refractivity contribution is -0.130. The molecule has 6 nitrogen and oxygen atoms in total. The van der Waals surface area contributed by atoms with Crippen LogP contribution in [0.4, 0.5) is 4.39 Å². The van der Waals surface area contributed by atoms with Gasteiger partial charge in [-0.2, -0.15) is 5.10 Å². The summed E-state index contributed by atoms with van der Waals surface area (Å²) in [7, 11) is 0. The molecule has 1 aliphatic rings. The molecule has 0 bridgehead atoms. The third-order valence-corrected chi connectivity index (χ3v) is 3.99. The van der Waals surface area contributed by atoms with Crippen molar-refractivity contribution in [2.45, 2.75) is 31.2 Å². The van der Waals surface area contributed by atoms with E-state index in [0.29, 0.717) is 24.2 Å². The fourth-order valence-electron chi connectivity index (χ4n) is 2.69. The van der Waals surface area contributed by atoms with Gasteiger partial charge in [-0.15, -0.1) is 0 Å². The number of carbonyl (C=O) groups is 1. The smallest absolute Gasteiger partial charge is 0.340 e. The van der Waals surface area contributed by atoms with Gasteiger partial charge in [-0.3, -0.25) is 9.78 Å². The average molecular weight is 290 g/mol. The lowest BCUT2D eigenvalue weighted by atomic mass is 9.64. The molecule has 1 amide bonds. The van der Waals surface area contributed by atoms with Crippen LogP contribution in [0.5, 0.6) is 0 Å². The van der Waals surface area contributed by atoms with E-state index in [-0.39, 0.29) is 18.3 Å². The molecule has 1 heterocycles. The van der Waals surface area contributed by atoms with Crippen molar-refractivity contribution in [3.63, 3.8) is 0 Å². The van der Waals surface area contributed by atoms with Crippen LogP contribution in [-0.4, -0.2) is 21.1 Å². The quantitative estimate of drug-likeness (QED) is 0.783. The number of nitrogens with zero attached hydrogens (tertiary/aromatic N) is 1. The van der Waals surface area contributed by atoms with Crippen molar-refractivity contribution in [3.05, 3.63) is 52.0 Å².